The highest BCUT2D eigenvalue weighted by molar-refractivity contribution is 5.86. The zero-order chi connectivity index (χ0) is 11.9. The molecule has 88 valence electrons. The predicted molar refractivity (Wildman–Crippen MR) is 60.6 cm³/mol. The van der Waals surface area contributed by atoms with E-state index in [9.17, 15) is 4.79 Å². The predicted octanol–water partition coefficient (Wildman–Crippen LogP) is 1.00. The minimum Gasteiger partial charge on any atom is -0.468 e. The van der Waals surface area contributed by atoms with Crippen LogP contribution in [0.2, 0.25) is 0 Å². The van der Waals surface area contributed by atoms with Gasteiger partial charge in [-0.05, 0) is 17.7 Å². The van der Waals surface area contributed by atoms with Crippen molar-refractivity contribution in [1.29, 1.82) is 0 Å². The molecule has 3 rings (SSSR count). The summed E-state index contributed by atoms with van der Waals surface area (Å²) < 4.78 is 10.0. The summed E-state index contributed by atoms with van der Waals surface area (Å²) in [6.07, 6.45) is 1.64. The summed E-state index contributed by atoms with van der Waals surface area (Å²) >= 11 is 0. The molecule has 0 spiro atoms. The molecular formula is C12H12N2O3. The van der Waals surface area contributed by atoms with Gasteiger partial charge in [0, 0.05) is 0 Å². The fourth-order valence-corrected chi connectivity index (χ4v) is 2.14. The summed E-state index contributed by atoms with van der Waals surface area (Å²) in [6.45, 7) is 0.749. The molecule has 2 aromatic rings. The van der Waals surface area contributed by atoms with Crippen LogP contribution < -0.4 is 0 Å². The number of H-pyrrole nitrogens is 1. The number of hydrogen-bond acceptors (Lipinski definition) is 4. The summed E-state index contributed by atoms with van der Waals surface area (Å²) in [5.41, 5.74) is 2.06. The van der Waals surface area contributed by atoms with Crippen molar-refractivity contribution in [1.82, 2.24) is 9.97 Å². The van der Waals surface area contributed by atoms with E-state index >= 15 is 0 Å². The van der Waals surface area contributed by atoms with Crippen molar-refractivity contribution in [3.63, 3.8) is 0 Å². The molecule has 0 unspecified atom stereocenters. The lowest BCUT2D eigenvalue weighted by atomic mass is 9.78. The van der Waals surface area contributed by atoms with Gasteiger partial charge in [0.1, 0.15) is 5.41 Å². The smallest absolute Gasteiger partial charge is 0.321 e. The van der Waals surface area contributed by atoms with Crippen LogP contribution in [0.1, 0.15) is 5.56 Å². The standard InChI is InChI=1S/C12H12N2O3/c1-16-11(15)12(5-17-6-12)8-2-3-9-10(4-8)14-7-13-9/h2-4,7H,5-6H2,1H3,(H,13,14). The molecule has 5 heteroatoms. The maximum absolute atomic E-state index is 11.9. The molecule has 1 saturated heterocycles. The Morgan fingerprint density at radius 2 is 2.35 bits per heavy atom. The lowest BCUT2D eigenvalue weighted by molar-refractivity contribution is -0.166. The highest BCUT2D eigenvalue weighted by atomic mass is 16.5. The molecule has 0 radical (unpaired) electrons. The van der Waals surface area contributed by atoms with Crippen molar-refractivity contribution >= 4 is 17.0 Å². The lowest BCUT2D eigenvalue weighted by Crippen LogP contribution is -2.53. The van der Waals surface area contributed by atoms with E-state index in [-0.39, 0.29) is 5.97 Å². The van der Waals surface area contributed by atoms with E-state index in [2.05, 4.69) is 9.97 Å². The number of aromatic amines is 1. The van der Waals surface area contributed by atoms with Crippen LogP contribution >= 0.6 is 0 Å². The van der Waals surface area contributed by atoms with Crippen LogP contribution in [-0.4, -0.2) is 36.3 Å². The van der Waals surface area contributed by atoms with Crippen molar-refractivity contribution in [2.45, 2.75) is 5.41 Å². The molecule has 0 aliphatic carbocycles. The highest BCUT2D eigenvalue weighted by Crippen LogP contribution is 2.34. The summed E-state index contributed by atoms with van der Waals surface area (Å²) in [4.78, 5) is 19.0. The molecule has 0 amide bonds. The number of nitrogens with zero attached hydrogens (tertiary/aromatic N) is 1. The fraction of sp³-hybridized carbons (Fsp3) is 0.333. The van der Waals surface area contributed by atoms with Crippen LogP contribution in [0.5, 0.6) is 0 Å². The SMILES string of the molecule is COC(=O)C1(c2ccc3nc[nH]c3c2)COC1. The topological polar surface area (TPSA) is 64.2 Å². The molecule has 0 saturated carbocycles. The van der Waals surface area contributed by atoms with Gasteiger partial charge < -0.3 is 14.5 Å². The Hall–Kier alpha value is -1.88. The second-order valence-corrected chi connectivity index (χ2v) is 4.20. The minimum absolute atomic E-state index is 0.248. The average molecular weight is 232 g/mol. The third-order valence-corrected chi connectivity index (χ3v) is 3.25. The molecule has 1 aliphatic rings. The van der Waals surface area contributed by atoms with Gasteiger partial charge >= 0.3 is 5.97 Å². The first-order chi connectivity index (χ1) is 8.26. The number of benzene rings is 1. The Labute approximate surface area is 97.7 Å². The number of aromatic nitrogens is 2. The van der Waals surface area contributed by atoms with E-state index in [1.807, 2.05) is 18.2 Å². The summed E-state index contributed by atoms with van der Waals surface area (Å²) in [7, 11) is 1.40. The van der Waals surface area contributed by atoms with E-state index < -0.39 is 5.41 Å². The Morgan fingerprint density at radius 3 is 3.00 bits per heavy atom. The van der Waals surface area contributed by atoms with Gasteiger partial charge in [-0.25, -0.2) is 4.98 Å². The van der Waals surface area contributed by atoms with Crippen LogP contribution in [0.25, 0.3) is 11.0 Å². The van der Waals surface area contributed by atoms with Gasteiger partial charge in [0.05, 0.1) is 37.7 Å². The summed E-state index contributed by atoms with van der Waals surface area (Å²) in [5, 5.41) is 0. The van der Waals surface area contributed by atoms with Gasteiger partial charge in [-0.1, -0.05) is 6.07 Å². The largest absolute Gasteiger partial charge is 0.468 e. The van der Waals surface area contributed by atoms with Crippen LogP contribution in [-0.2, 0) is 19.7 Å². The molecule has 1 fully saturated rings. The van der Waals surface area contributed by atoms with Crippen LogP contribution in [0.3, 0.4) is 0 Å². The summed E-state index contributed by atoms with van der Waals surface area (Å²) in [5.74, 6) is -0.248. The molecule has 0 bridgehead atoms. The van der Waals surface area contributed by atoms with E-state index in [0.717, 1.165) is 16.6 Å². The zero-order valence-electron chi connectivity index (χ0n) is 9.40. The molecular weight excluding hydrogens is 220 g/mol. The molecule has 5 nitrogen and oxygen atoms in total. The quantitative estimate of drug-likeness (QED) is 0.785. The normalized spacial score (nSPS) is 17.7. The molecule has 1 aromatic carbocycles. The maximum atomic E-state index is 11.9. The number of esters is 1. The number of rotatable bonds is 2. The zero-order valence-corrected chi connectivity index (χ0v) is 9.40. The van der Waals surface area contributed by atoms with E-state index in [1.54, 1.807) is 6.33 Å². The molecule has 0 atom stereocenters. The van der Waals surface area contributed by atoms with Crippen molar-refractivity contribution in [2.75, 3.05) is 20.3 Å². The minimum atomic E-state index is -0.645. The number of nitrogens with one attached hydrogen (secondary N) is 1. The van der Waals surface area contributed by atoms with Crippen molar-refractivity contribution < 1.29 is 14.3 Å². The maximum Gasteiger partial charge on any atom is 0.321 e. The molecule has 1 aromatic heterocycles. The second-order valence-electron chi connectivity index (χ2n) is 4.20. The number of hydrogen-bond donors (Lipinski definition) is 1. The molecule has 17 heavy (non-hydrogen) atoms. The first-order valence-electron chi connectivity index (χ1n) is 5.36. The number of carbonyl (C=O) groups is 1. The van der Waals surface area contributed by atoms with Gasteiger partial charge in [0.2, 0.25) is 0 Å². The number of imidazole rings is 1. The Kier molecular flexibility index (Phi) is 2.16. The first kappa shape index (κ1) is 10.3. The number of fused-ring (bicyclic) bond motifs is 1. The van der Waals surface area contributed by atoms with Crippen molar-refractivity contribution in [2.24, 2.45) is 0 Å². The average Bonchev–Trinajstić information content (AvgIpc) is 2.74. The van der Waals surface area contributed by atoms with Crippen LogP contribution in [0.4, 0.5) is 0 Å². The van der Waals surface area contributed by atoms with Gasteiger partial charge in [-0.2, -0.15) is 0 Å². The molecule has 2 heterocycles. The Balaban J connectivity index is 2.09. The van der Waals surface area contributed by atoms with Gasteiger partial charge in [0.15, 0.2) is 0 Å². The Morgan fingerprint density at radius 1 is 1.53 bits per heavy atom. The molecule has 1 aliphatic heterocycles. The second kappa shape index (κ2) is 3.56. The number of methoxy groups -OCH3 is 1. The lowest BCUT2D eigenvalue weighted by Gasteiger charge is -2.38. The van der Waals surface area contributed by atoms with Gasteiger partial charge in [-0.15, -0.1) is 0 Å². The summed E-state index contributed by atoms with van der Waals surface area (Å²) in [6, 6.07) is 5.73. The third kappa shape index (κ3) is 1.36. The monoisotopic (exact) mass is 232 g/mol. The number of ether oxygens (including phenoxy) is 2. The van der Waals surface area contributed by atoms with Crippen molar-refractivity contribution in [3.8, 4) is 0 Å². The van der Waals surface area contributed by atoms with Gasteiger partial charge in [0.25, 0.3) is 0 Å². The van der Waals surface area contributed by atoms with Crippen molar-refractivity contribution in [3.05, 3.63) is 30.1 Å². The Bertz CT molecular complexity index is 572. The molecule has 1 N–H and O–H groups in total. The highest BCUT2D eigenvalue weighted by Gasteiger charge is 2.48. The van der Waals surface area contributed by atoms with Gasteiger partial charge in [-0.3, -0.25) is 4.79 Å². The fourth-order valence-electron chi connectivity index (χ4n) is 2.14. The van der Waals surface area contributed by atoms with E-state index in [1.165, 1.54) is 7.11 Å². The van der Waals surface area contributed by atoms with Crippen LogP contribution in [0.15, 0.2) is 24.5 Å². The van der Waals surface area contributed by atoms with E-state index in [0.29, 0.717) is 13.2 Å². The van der Waals surface area contributed by atoms with Crippen LogP contribution in [0, 0.1) is 0 Å². The number of carbonyl (C=O) groups excluding carboxylic acids is 1. The first-order valence-corrected chi connectivity index (χ1v) is 5.36. The third-order valence-electron chi connectivity index (χ3n) is 3.25. The van der Waals surface area contributed by atoms with E-state index in [4.69, 9.17) is 9.47 Å².